The van der Waals surface area contributed by atoms with Gasteiger partial charge in [-0.1, -0.05) is 19.8 Å². The summed E-state index contributed by atoms with van der Waals surface area (Å²) in [6.45, 7) is 4.46. The second kappa shape index (κ2) is 4.43. The molecule has 0 aromatic rings. The largest absolute Gasteiger partial charge is 0.315 e. The lowest BCUT2D eigenvalue weighted by molar-refractivity contribution is 0.325. The molecule has 13 heavy (non-hydrogen) atoms. The van der Waals surface area contributed by atoms with Crippen LogP contribution in [0.25, 0.3) is 0 Å². The first-order valence-electron chi connectivity index (χ1n) is 5.87. The highest BCUT2D eigenvalue weighted by molar-refractivity contribution is 4.93. The second-order valence-corrected chi connectivity index (χ2v) is 4.56. The lowest BCUT2D eigenvalue weighted by Gasteiger charge is -2.24. The topological polar surface area (TPSA) is 24.1 Å². The van der Waals surface area contributed by atoms with Crippen LogP contribution in [0.5, 0.6) is 0 Å². The Labute approximate surface area is 81.5 Å². The van der Waals surface area contributed by atoms with E-state index in [2.05, 4.69) is 17.6 Å². The normalized spacial score (nSPS) is 39.0. The Hall–Kier alpha value is -0.0800. The van der Waals surface area contributed by atoms with E-state index in [-0.39, 0.29) is 0 Å². The Morgan fingerprint density at radius 3 is 2.92 bits per heavy atom. The predicted molar refractivity (Wildman–Crippen MR) is 55.8 cm³/mol. The molecule has 0 radical (unpaired) electrons. The minimum atomic E-state index is 0.757. The van der Waals surface area contributed by atoms with E-state index in [0.717, 1.165) is 24.5 Å². The van der Waals surface area contributed by atoms with Crippen LogP contribution in [0.4, 0.5) is 0 Å². The van der Waals surface area contributed by atoms with Crippen molar-refractivity contribution in [2.75, 3.05) is 13.1 Å². The van der Waals surface area contributed by atoms with Crippen LogP contribution in [0.3, 0.4) is 0 Å². The monoisotopic (exact) mass is 182 g/mol. The van der Waals surface area contributed by atoms with Gasteiger partial charge in [0.1, 0.15) is 0 Å². The van der Waals surface area contributed by atoms with Crippen LogP contribution in [0, 0.1) is 5.92 Å². The predicted octanol–water partition coefficient (Wildman–Crippen LogP) is 1.52. The Morgan fingerprint density at radius 1 is 1.31 bits per heavy atom. The summed E-state index contributed by atoms with van der Waals surface area (Å²) >= 11 is 0. The van der Waals surface area contributed by atoms with Crippen LogP contribution in [0.1, 0.15) is 39.0 Å². The molecule has 1 aliphatic heterocycles. The molecule has 1 aliphatic carbocycles. The van der Waals surface area contributed by atoms with Crippen molar-refractivity contribution >= 4 is 0 Å². The Bertz CT molecular complexity index is 144. The van der Waals surface area contributed by atoms with Crippen molar-refractivity contribution < 1.29 is 0 Å². The van der Waals surface area contributed by atoms with Crippen LogP contribution in [0.2, 0.25) is 0 Å². The highest BCUT2D eigenvalue weighted by atomic mass is 15.0. The van der Waals surface area contributed by atoms with E-state index in [4.69, 9.17) is 0 Å². The molecule has 1 saturated heterocycles. The summed E-state index contributed by atoms with van der Waals surface area (Å²) in [5.74, 6) is 0.998. The average Bonchev–Trinajstić information content (AvgIpc) is 2.57. The van der Waals surface area contributed by atoms with Gasteiger partial charge in [0.25, 0.3) is 0 Å². The molecule has 2 aliphatic rings. The van der Waals surface area contributed by atoms with E-state index in [1.165, 1.54) is 38.6 Å². The SMILES string of the molecule is CCNCC1CC2CCCCC2N1. The summed E-state index contributed by atoms with van der Waals surface area (Å²) in [5, 5.41) is 7.20. The van der Waals surface area contributed by atoms with Crippen molar-refractivity contribution in [3.63, 3.8) is 0 Å². The van der Waals surface area contributed by atoms with Crippen molar-refractivity contribution in [2.24, 2.45) is 5.92 Å². The third-order valence-electron chi connectivity index (χ3n) is 3.59. The third-order valence-corrected chi connectivity index (χ3v) is 3.59. The molecule has 0 spiro atoms. The molecular weight excluding hydrogens is 160 g/mol. The van der Waals surface area contributed by atoms with E-state index in [1.807, 2.05) is 0 Å². The van der Waals surface area contributed by atoms with Crippen molar-refractivity contribution in [1.82, 2.24) is 10.6 Å². The van der Waals surface area contributed by atoms with Crippen molar-refractivity contribution in [3.05, 3.63) is 0 Å². The zero-order chi connectivity index (χ0) is 9.10. The smallest absolute Gasteiger partial charge is 0.0198 e. The first-order chi connectivity index (χ1) is 6.40. The fourth-order valence-corrected chi connectivity index (χ4v) is 2.91. The number of likely N-dealkylation sites (N-methyl/N-ethyl adjacent to an activating group) is 1. The van der Waals surface area contributed by atoms with Crippen LogP contribution in [-0.2, 0) is 0 Å². The fourth-order valence-electron chi connectivity index (χ4n) is 2.91. The quantitative estimate of drug-likeness (QED) is 0.691. The Morgan fingerprint density at radius 2 is 2.15 bits per heavy atom. The highest BCUT2D eigenvalue weighted by Crippen LogP contribution is 2.32. The molecule has 3 unspecified atom stereocenters. The summed E-state index contributed by atoms with van der Waals surface area (Å²) in [4.78, 5) is 0. The number of rotatable bonds is 3. The van der Waals surface area contributed by atoms with Gasteiger partial charge in [-0.2, -0.15) is 0 Å². The van der Waals surface area contributed by atoms with Crippen LogP contribution >= 0.6 is 0 Å². The summed E-state index contributed by atoms with van der Waals surface area (Å²) in [7, 11) is 0. The number of hydrogen-bond acceptors (Lipinski definition) is 2. The molecule has 76 valence electrons. The standard InChI is InChI=1S/C11H22N2/c1-2-12-8-10-7-9-5-3-4-6-11(9)13-10/h9-13H,2-8H2,1H3. The van der Waals surface area contributed by atoms with Gasteiger partial charge in [0, 0.05) is 18.6 Å². The molecule has 2 heteroatoms. The van der Waals surface area contributed by atoms with E-state index >= 15 is 0 Å². The maximum atomic E-state index is 3.77. The minimum absolute atomic E-state index is 0.757. The van der Waals surface area contributed by atoms with Crippen molar-refractivity contribution in [2.45, 2.75) is 51.1 Å². The molecule has 2 nitrogen and oxygen atoms in total. The number of nitrogens with one attached hydrogen (secondary N) is 2. The van der Waals surface area contributed by atoms with Crippen molar-refractivity contribution in [1.29, 1.82) is 0 Å². The van der Waals surface area contributed by atoms with E-state index in [9.17, 15) is 0 Å². The van der Waals surface area contributed by atoms with Gasteiger partial charge >= 0.3 is 0 Å². The molecule has 1 heterocycles. The van der Waals surface area contributed by atoms with Crippen molar-refractivity contribution in [3.8, 4) is 0 Å². The van der Waals surface area contributed by atoms with E-state index < -0.39 is 0 Å². The molecule has 3 atom stereocenters. The molecule has 0 amide bonds. The highest BCUT2D eigenvalue weighted by Gasteiger charge is 2.34. The molecule has 2 rings (SSSR count). The maximum Gasteiger partial charge on any atom is 0.0198 e. The van der Waals surface area contributed by atoms with Crippen LogP contribution in [0.15, 0.2) is 0 Å². The molecule has 2 fully saturated rings. The average molecular weight is 182 g/mol. The summed E-state index contributed by atoms with van der Waals surface area (Å²) in [6, 6.07) is 1.62. The van der Waals surface area contributed by atoms with Gasteiger partial charge in [0.2, 0.25) is 0 Å². The first kappa shape index (κ1) is 9.47. The van der Waals surface area contributed by atoms with Gasteiger partial charge in [-0.25, -0.2) is 0 Å². The zero-order valence-corrected chi connectivity index (χ0v) is 8.68. The number of fused-ring (bicyclic) bond motifs is 1. The van der Waals surface area contributed by atoms with Gasteiger partial charge < -0.3 is 10.6 Å². The second-order valence-electron chi connectivity index (χ2n) is 4.56. The molecule has 0 bridgehead atoms. The Balaban J connectivity index is 1.77. The molecule has 1 saturated carbocycles. The summed E-state index contributed by atoms with van der Waals surface area (Å²) < 4.78 is 0. The summed E-state index contributed by atoms with van der Waals surface area (Å²) in [6.07, 6.45) is 7.23. The molecule has 2 N–H and O–H groups in total. The lowest BCUT2D eigenvalue weighted by atomic mass is 9.85. The minimum Gasteiger partial charge on any atom is -0.315 e. The maximum absolute atomic E-state index is 3.77. The molecular formula is C11H22N2. The fraction of sp³-hybridized carbons (Fsp3) is 1.00. The zero-order valence-electron chi connectivity index (χ0n) is 8.68. The van der Waals surface area contributed by atoms with Gasteiger partial charge in [-0.15, -0.1) is 0 Å². The lowest BCUT2D eigenvalue weighted by Crippen LogP contribution is -2.38. The van der Waals surface area contributed by atoms with Gasteiger partial charge in [-0.05, 0) is 31.7 Å². The van der Waals surface area contributed by atoms with E-state index in [1.54, 1.807) is 0 Å². The van der Waals surface area contributed by atoms with Gasteiger partial charge in [-0.3, -0.25) is 0 Å². The molecule has 0 aromatic carbocycles. The van der Waals surface area contributed by atoms with Crippen LogP contribution < -0.4 is 10.6 Å². The van der Waals surface area contributed by atoms with Gasteiger partial charge in [0.05, 0.1) is 0 Å². The number of hydrogen-bond donors (Lipinski definition) is 2. The third kappa shape index (κ3) is 2.23. The molecule has 0 aromatic heterocycles. The van der Waals surface area contributed by atoms with Crippen LogP contribution in [-0.4, -0.2) is 25.2 Å². The first-order valence-corrected chi connectivity index (χ1v) is 5.87. The Kier molecular flexibility index (Phi) is 3.23. The van der Waals surface area contributed by atoms with E-state index in [0.29, 0.717) is 0 Å². The summed E-state index contributed by atoms with van der Waals surface area (Å²) in [5.41, 5.74) is 0. The van der Waals surface area contributed by atoms with Gasteiger partial charge in [0.15, 0.2) is 0 Å².